The van der Waals surface area contributed by atoms with E-state index in [1.807, 2.05) is 74.5 Å². The SMILES string of the molecule is Cc1cc2nc3c(=O)[nH]c(=O)nc-3n(CC(=O)N(CCNC(=O)CN3C(=O)NC(=O)C4(C)OC(c5ccccc5)(c5ccccc5)C34)CC(=O)OC(C)(C)C)c2cc1C. The number of hydrogen-bond donors (Lipinski definition) is 3. The van der Waals surface area contributed by atoms with Crippen LogP contribution in [0, 0.1) is 13.8 Å². The van der Waals surface area contributed by atoms with Gasteiger partial charge < -0.3 is 29.2 Å². The number of H-pyrrole nitrogens is 1. The number of fused-ring (bicyclic) bond motifs is 3. The van der Waals surface area contributed by atoms with Crippen LogP contribution in [0.25, 0.3) is 22.6 Å². The van der Waals surface area contributed by atoms with Gasteiger partial charge in [-0.05, 0) is 75.9 Å². The molecule has 2 unspecified atom stereocenters. The summed E-state index contributed by atoms with van der Waals surface area (Å²) in [6.07, 6.45) is 0. The normalized spacial score (nSPS) is 18.5. The van der Waals surface area contributed by atoms with Gasteiger partial charge in [0.15, 0.2) is 17.1 Å². The number of aromatic nitrogens is 4. The van der Waals surface area contributed by atoms with Gasteiger partial charge in [0.25, 0.3) is 11.5 Å². The summed E-state index contributed by atoms with van der Waals surface area (Å²) >= 11 is 0. The molecular weight excluding hydrogens is 761 g/mol. The van der Waals surface area contributed by atoms with Crippen molar-refractivity contribution in [2.75, 3.05) is 26.2 Å². The van der Waals surface area contributed by atoms with Crippen LogP contribution >= 0.6 is 0 Å². The molecule has 0 radical (unpaired) electrons. The smallest absolute Gasteiger partial charge is 0.349 e. The second kappa shape index (κ2) is 15.2. The number of nitrogens with zero attached hydrogens (tertiary/aromatic N) is 5. The minimum Gasteiger partial charge on any atom is -0.459 e. The number of urea groups is 1. The molecule has 0 aromatic heterocycles. The van der Waals surface area contributed by atoms with E-state index in [0.717, 1.165) is 11.1 Å². The van der Waals surface area contributed by atoms with Crippen LogP contribution in [0.1, 0.15) is 49.9 Å². The molecule has 59 heavy (non-hydrogen) atoms. The molecule has 2 atom stereocenters. The van der Waals surface area contributed by atoms with Crippen LogP contribution in [0.15, 0.2) is 82.4 Å². The lowest BCUT2D eigenvalue weighted by molar-refractivity contribution is -0.291. The molecule has 4 aliphatic heterocycles. The number of aromatic amines is 1. The van der Waals surface area contributed by atoms with Crippen molar-refractivity contribution in [2.24, 2.45) is 0 Å². The lowest BCUT2D eigenvalue weighted by atomic mass is 9.65. The summed E-state index contributed by atoms with van der Waals surface area (Å²) in [5.74, 6) is -2.70. The minimum atomic E-state index is -1.50. The van der Waals surface area contributed by atoms with Crippen LogP contribution in [-0.2, 0) is 40.8 Å². The van der Waals surface area contributed by atoms with E-state index in [1.165, 1.54) is 14.4 Å². The van der Waals surface area contributed by atoms with Crippen molar-refractivity contribution >= 4 is 40.8 Å². The molecule has 17 heteroatoms. The highest BCUT2D eigenvalue weighted by molar-refractivity contribution is 6.04. The van der Waals surface area contributed by atoms with E-state index in [-0.39, 0.29) is 24.6 Å². The van der Waals surface area contributed by atoms with Crippen molar-refractivity contribution in [2.45, 2.75) is 70.9 Å². The van der Waals surface area contributed by atoms with Crippen molar-refractivity contribution < 1.29 is 33.4 Å². The van der Waals surface area contributed by atoms with Crippen molar-refractivity contribution in [1.82, 2.24) is 40.0 Å². The number of rotatable bonds is 11. The summed E-state index contributed by atoms with van der Waals surface area (Å²) in [6.45, 7) is 8.57. The van der Waals surface area contributed by atoms with Gasteiger partial charge in [0.05, 0.1) is 11.0 Å². The third kappa shape index (κ3) is 7.56. The van der Waals surface area contributed by atoms with E-state index in [0.29, 0.717) is 22.2 Å². The summed E-state index contributed by atoms with van der Waals surface area (Å²) in [5, 5.41) is 5.08. The first-order chi connectivity index (χ1) is 27.9. The Hall–Kier alpha value is -6.75. The third-order valence-electron chi connectivity index (χ3n) is 10.6. The maximum Gasteiger partial charge on any atom is 0.349 e. The predicted octanol–water partition coefficient (Wildman–Crippen LogP) is 2.14. The van der Waals surface area contributed by atoms with Gasteiger partial charge in [-0.1, -0.05) is 60.7 Å². The van der Waals surface area contributed by atoms with Gasteiger partial charge in [0.2, 0.25) is 11.8 Å². The van der Waals surface area contributed by atoms with Gasteiger partial charge in [0, 0.05) is 13.1 Å². The third-order valence-corrected chi connectivity index (χ3v) is 10.6. The Morgan fingerprint density at radius 3 is 2.17 bits per heavy atom. The van der Waals surface area contributed by atoms with E-state index in [9.17, 15) is 33.6 Å². The highest BCUT2D eigenvalue weighted by Gasteiger charge is 2.73. The molecule has 0 bridgehead atoms. The number of ether oxygens (including phenoxy) is 2. The molecule has 306 valence electrons. The molecule has 5 amide bonds. The van der Waals surface area contributed by atoms with Crippen molar-refractivity contribution in [3.05, 3.63) is 116 Å². The molecule has 0 saturated carbocycles. The highest BCUT2D eigenvalue weighted by atomic mass is 16.6. The van der Waals surface area contributed by atoms with Crippen LogP contribution in [0.4, 0.5) is 4.79 Å². The molecule has 7 rings (SSSR count). The Morgan fingerprint density at radius 2 is 1.54 bits per heavy atom. The fraction of sp³-hybridized carbons (Fsp3) is 0.357. The maximum atomic E-state index is 14.2. The number of imide groups is 1. The molecule has 17 nitrogen and oxygen atoms in total. The molecule has 3 aromatic rings. The van der Waals surface area contributed by atoms with Gasteiger partial charge in [-0.15, -0.1) is 0 Å². The Bertz CT molecular complexity index is 2550. The maximum absolute atomic E-state index is 14.2. The molecule has 2 saturated heterocycles. The number of carbonyl (C=O) groups excluding carboxylic acids is 5. The zero-order valence-electron chi connectivity index (χ0n) is 33.5. The van der Waals surface area contributed by atoms with E-state index >= 15 is 0 Å². The number of esters is 1. The van der Waals surface area contributed by atoms with Crippen LogP contribution in [0.2, 0.25) is 0 Å². The molecule has 0 aliphatic carbocycles. The lowest BCUT2D eigenvalue weighted by Crippen LogP contribution is -2.84. The molecule has 4 heterocycles. The quantitative estimate of drug-likeness (QED) is 0.130. The van der Waals surface area contributed by atoms with Crippen molar-refractivity contribution in [1.29, 1.82) is 0 Å². The van der Waals surface area contributed by atoms with E-state index < -0.39 is 83.5 Å². The van der Waals surface area contributed by atoms with Crippen molar-refractivity contribution in [3.63, 3.8) is 0 Å². The first kappa shape index (κ1) is 40.4. The molecule has 0 spiro atoms. The standard InChI is InChI=1S/C42H44N8O9/c1-24-19-28-29(20-25(24)2)49(34-33(44-28)35(54)46-38(56)45-34)22-31(52)48(23-32(53)58-40(3,4)5)18-17-43-30(51)21-50-36-41(6,37(55)47-39(50)57)59-42(36,26-13-9-7-10-14-26)27-15-11-8-12-16-27/h7-16,19-20,36H,17-18,21-23H2,1-6H3,(H,43,51)(H,46,54,56)(H,47,55,57). The van der Waals surface area contributed by atoms with Gasteiger partial charge in [-0.25, -0.2) is 14.6 Å². The highest BCUT2D eigenvalue weighted by Crippen LogP contribution is 2.56. The van der Waals surface area contributed by atoms with Crippen LogP contribution in [0.3, 0.4) is 0 Å². The summed E-state index contributed by atoms with van der Waals surface area (Å²) in [4.78, 5) is 106. The van der Waals surface area contributed by atoms with Gasteiger partial charge in [-0.3, -0.25) is 34.3 Å². The monoisotopic (exact) mass is 804 g/mol. The number of nitrogens with one attached hydrogen (secondary N) is 3. The zero-order chi connectivity index (χ0) is 42.4. The first-order valence-electron chi connectivity index (χ1n) is 19.0. The average Bonchev–Trinajstić information content (AvgIpc) is 3.16. The second-order valence-corrected chi connectivity index (χ2v) is 15.9. The fourth-order valence-corrected chi connectivity index (χ4v) is 7.82. The number of aryl methyl sites for hydroxylation is 2. The number of amides is 5. The predicted molar refractivity (Wildman–Crippen MR) is 213 cm³/mol. The molecule has 3 N–H and O–H groups in total. The first-order valence-corrected chi connectivity index (χ1v) is 19.0. The van der Waals surface area contributed by atoms with Gasteiger partial charge in [-0.2, -0.15) is 4.98 Å². The molecule has 3 aromatic carbocycles. The zero-order valence-corrected chi connectivity index (χ0v) is 33.5. The summed E-state index contributed by atoms with van der Waals surface area (Å²) < 4.78 is 13.5. The number of carbonyl (C=O) groups is 5. The minimum absolute atomic E-state index is 0.124. The lowest BCUT2D eigenvalue weighted by Gasteiger charge is -2.64. The molecule has 2 fully saturated rings. The average molecular weight is 805 g/mol. The summed E-state index contributed by atoms with van der Waals surface area (Å²) in [5.41, 5.74) is -1.62. The van der Waals surface area contributed by atoms with Gasteiger partial charge in [0.1, 0.15) is 36.9 Å². The Balaban J connectivity index is 1.15. The fourth-order valence-electron chi connectivity index (χ4n) is 7.82. The van der Waals surface area contributed by atoms with Crippen LogP contribution in [0.5, 0.6) is 0 Å². The summed E-state index contributed by atoms with van der Waals surface area (Å²) in [6, 6.07) is 20.1. The number of hydrogen-bond acceptors (Lipinski definition) is 11. The van der Waals surface area contributed by atoms with Crippen molar-refractivity contribution in [3.8, 4) is 11.5 Å². The number of benzene rings is 3. The summed E-state index contributed by atoms with van der Waals surface area (Å²) in [7, 11) is 0. The Labute approximate surface area is 338 Å². The van der Waals surface area contributed by atoms with E-state index in [2.05, 4.69) is 25.6 Å². The Morgan fingerprint density at radius 1 is 0.915 bits per heavy atom. The van der Waals surface area contributed by atoms with Crippen LogP contribution < -0.4 is 21.9 Å². The second-order valence-electron chi connectivity index (χ2n) is 15.9. The van der Waals surface area contributed by atoms with Gasteiger partial charge >= 0.3 is 17.7 Å². The largest absolute Gasteiger partial charge is 0.459 e. The van der Waals surface area contributed by atoms with Crippen LogP contribution in [-0.4, -0.2) is 102 Å². The molecular formula is C42H44N8O9. The molecule has 4 aliphatic rings. The topological polar surface area (TPSA) is 215 Å². The van der Waals surface area contributed by atoms with E-state index in [1.54, 1.807) is 39.8 Å². The van der Waals surface area contributed by atoms with E-state index in [4.69, 9.17) is 9.47 Å². The Kier molecular flexibility index (Phi) is 10.4.